The molecule has 2 N–H and O–H groups in total. The van der Waals surface area contributed by atoms with Gasteiger partial charge in [0.1, 0.15) is 0 Å². The van der Waals surface area contributed by atoms with Crippen LogP contribution in [0.3, 0.4) is 0 Å². The van der Waals surface area contributed by atoms with E-state index in [0.29, 0.717) is 10.7 Å². The normalized spacial score (nSPS) is 21.5. The van der Waals surface area contributed by atoms with E-state index in [1.807, 2.05) is 31.2 Å². The van der Waals surface area contributed by atoms with E-state index in [1.54, 1.807) is 30.3 Å². The van der Waals surface area contributed by atoms with E-state index in [1.165, 1.54) is 0 Å². The van der Waals surface area contributed by atoms with Crippen molar-refractivity contribution in [3.63, 3.8) is 0 Å². The second-order valence-corrected chi connectivity index (χ2v) is 10.8. The summed E-state index contributed by atoms with van der Waals surface area (Å²) in [6.45, 7) is 1.84. The molecule has 3 aromatic rings. The first-order chi connectivity index (χ1) is 15.3. The van der Waals surface area contributed by atoms with Gasteiger partial charge in [0.25, 0.3) is 10.0 Å². The lowest BCUT2D eigenvalue weighted by atomic mass is 9.77. The standard InChI is InChI=1S/C25H22Cl2N2O2S/c1-15-9-10-16(26)13-24(15)29-32(30,31)17-11-12-23-21(14-17)18-6-4-7-19(18)25(28-23)20-5-2-3-8-22(20)27/h2-6,8-14,18-19,25,28-29H,7H2,1H3/t18-,19+,25-/m0/s1. The van der Waals surface area contributed by atoms with E-state index >= 15 is 0 Å². The van der Waals surface area contributed by atoms with Crippen molar-refractivity contribution in [3.05, 3.63) is 99.6 Å². The molecule has 0 radical (unpaired) electrons. The number of rotatable bonds is 4. The van der Waals surface area contributed by atoms with Gasteiger partial charge in [-0.3, -0.25) is 4.72 Å². The van der Waals surface area contributed by atoms with Crippen molar-refractivity contribution < 1.29 is 8.42 Å². The molecule has 164 valence electrons. The molecule has 2 aliphatic rings. The zero-order chi connectivity index (χ0) is 22.5. The molecule has 32 heavy (non-hydrogen) atoms. The molecule has 7 heteroatoms. The third kappa shape index (κ3) is 3.79. The number of nitrogens with one attached hydrogen (secondary N) is 2. The van der Waals surface area contributed by atoms with Gasteiger partial charge in [0.15, 0.2) is 0 Å². The van der Waals surface area contributed by atoms with Crippen LogP contribution in [0.5, 0.6) is 0 Å². The molecular weight excluding hydrogens is 463 g/mol. The van der Waals surface area contributed by atoms with Crippen LogP contribution in [-0.4, -0.2) is 8.42 Å². The maximum atomic E-state index is 13.2. The van der Waals surface area contributed by atoms with Crippen molar-refractivity contribution in [3.8, 4) is 0 Å². The van der Waals surface area contributed by atoms with Crippen LogP contribution in [0.4, 0.5) is 11.4 Å². The zero-order valence-electron chi connectivity index (χ0n) is 17.3. The Labute approximate surface area is 198 Å². The molecule has 3 atom stereocenters. The third-order valence-corrected chi connectivity index (χ3v) is 8.27. The summed E-state index contributed by atoms with van der Waals surface area (Å²) in [6, 6.07) is 18.4. The summed E-state index contributed by atoms with van der Waals surface area (Å²) in [6.07, 6.45) is 5.26. The first-order valence-electron chi connectivity index (χ1n) is 10.4. The Kier molecular flexibility index (Phi) is 5.44. The molecule has 0 fully saturated rings. The van der Waals surface area contributed by atoms with Crippen LogP contribution in [0.1, 0.15) is 35.1 Å². The first kappa shape index (κ1) is 21.4. The van der Waals surface area contributed by atoms with E-state index in [-0.39, 0.29) is 22.8 Å². The van der Waals surface area contributed by atoms with Crippen LogP contribution in [-0.2, 0) is 10.0 Å². The number of fused-ring (bicyclic) bond motifs is 3. The van der Waals surface area contributed by atoms with Gasteiger partial charge in [0, 0.05) is 21.7 Å². The molecule has 0 amide bonds. The van der Waals surface area contributed by atoms with Gasteiger partial charge in [-0.15, -0.1) is 0 Å². The minimum atomic E-state index is -3.77. The summed E-state index contributed by atoms with van der Waals surface area (Å²) in [4.78, 5) is 0.229. The molecule has 0 saturated carbocycles. The van der Waals surface area contributed by atoms with E-state index < -0.39 is 10.0 Å². The number of halogens is 2. The van der Waals surface area contributed by atoms with E-state index in [4.69, 9.17) is 23.2 Å². The fraction of sp³-hybridized carbons (Fsp3) is 0.200. The summed E-state index contributed by atoms with van der Waals surface area (Å²) in [5.74, 6) is 0.388. The number of benzene rings is 3. The number of hydrogen-bond acceptors (Lipinski definition) is 3. The van der Waals surface area contributed by atoms with Gasteiger partial charge < -0.3 is 5.32 Å². The van der Waals surface area contributed by atoms with E-state index in [2.05, 4.69) is 28.3 Å². The van der Waals surface area contributed by atoms with E-state index in [9.17, 15) is 8.42 Å². The largest absolute Gasteiger partial charge is 0.378 e. The van der Waals surface area contributed by atoms with Gasteiger partial charge in [-0.05, 0) is 72.4 Å². The Bertz CT molecular complexity index is 1340. The Morgan fingerprint density at radius 1 is 1.00 bits per heavy atom. The molecule has 4 nitrogen and oxygen atoms in total. The monoisotopic (exact) mass is 484 g/mol. The number of allylic oxidation sites excluding steroid dienone is 2. The Balaban J connectivity index is 1.51. The molecular formula is C25H22Cl2N2O2S. The van der Waals surface area contributed by atoms with Crippen LogP contribution in [0.15, 0.2) is 77.7 Å². The topological polar surface area (TPSA) is 58.2 Å². The summed E-state index contributed by atoms with van der Waals surface area (Å²) < 4.78 is 29.0. The molecule has 5 rings (SSSR count). The molecule has 1 aliphatic heterocycles. The highest BCUT2D eigenvalue weighted by atomic mass is 35.5. The Morgan fingerprint density at radius 2 is 1.81 bits per heavy atom. The zero-order valence-corrected chi connectivity index (χ0v) is 19.7. The van der Waals surface area contributed by atoms with Crippen molar-refractivity contribution in [2.45, 2.75) is 30.2 Å². The Morgan fingerprint density at radius 3 is 2.62 bits per heavy atom. The van der Waals surface area contributed by atoms with Gasteiger partial charge in [0.2, 0.25) is 0 Å². The minimum Gasteiger partial charge on any atom is -0.378 e. The summed E-state index contributed by atoms with van der Waals surface area (Å²) in [5, 5.41) is 4.83. The van der Waals surface area contributed by atoms with Crippen LogP contribution in [0, 0.1) is 12.8 Å². The number of aryl methyl sites for hydroxylation is 1. The number of hydrogen-bond donors (Lipinski definition) is 2. The van der Waals surface area contributed by atoms with E-state index in [0.717, 1.165) is 33.8 Å². The molecule has 1 aliphatic carbocycles. The second-order valence-electron chi connectivity index (χ2n) is 8.31. The third-order valence-electron chi connectivity index (χ3n) is 6.33. The van der Waals surface area contributed by atoms with Gasteiger partial charge in [0.05, 0.1) is 16.6 Å². The van der Waals surface area contributed by atoms with Crippen LogP contribution in [0.25, 0.3) is 0 Å². The molecule has 1 heterocycles. The predicted molar refractivity (Wildman–Crippen MR) is 131 cm³/mol. The lowest BCUT2D eigenvalue weighted by Gasteiger charge is -2.38. The highest BCUT2D eigenvalue weighted by molar-refractivity contribution is 7.92. The fourth-order valence-corrected chi connectivity index (χ4v) is 6.26. The maximum Gasteiger partial charge on any atom is 0.261 e. The van der Waals surface area contributed by atoms with Crippen molar-refractivity contribution in [2.24, 2.45) is 5.92 Å². The van der Waals surface area contributed by atoms with Gasteiger partial charge in [-0.2, -0.15) is 0 Å². The smallest absolute Gasteiger partial charge is 0.261 e. The van der Waals surface area contributed by atoms with Crippen LogP contribution in [0.2, 0.25) is 10.0 Å². The first-order valence-corrected chi connectivity index (χ1v) is 12.7. The number of sulfonamides is 1. The molecule has 0 unspecified atom stereocenters. The van der Waals surface area contributed by atoms with Crippen LogP contribution >= 0.6 is 23.2 Å². The molecule has 0 saturated heterocycles. The maximum absolute atomic E-state index is 13.2. The summed E-state index contributed by atoms with van der Waals surface area (Å²) >= 11 is 12.6. The van der Waals surface area contributed by atoms with Gasteiger partial charge >= 0.3 is 0 Å². The highest BCUT2D eigenvalue weighted by Crippen LogP contribution is 2.51. The SMILES string of the molecule is Cc1ccc(Cl)cc1NS(=O)(=O)c1ccc2c(c1)[C@H]1C=CC[C@H]1[C@@H](c1ccccc1Cl)N2. The summed E-state index contributed by atoms with van der Waals surface area (Å²) in [5.41, 5.74) is 4.26. The molecule has 0 spiro atoms. The highest BCUT2D eigenvalue weighted by Gasteiger charge is 2.39. The Hall–Kier alpha value is -2.47. The van der Waals surface area contributed by atoms with Crippen molar-refractivity contribution in [1.29, 1.82) is 0 Å². The number of anilines is 2. The quantitative estimate of drug-likeness (QED) is 0.394. The van der Waals surface area contributed by atoms with Crippen molar-refractivity contribution >= 4 is 44.6 Å². The lowest BCUT2D eigenvalue weighted by Crippen LogP contribution is -2.29. The fourth-order valence-electron chi connectivity index (χ4n) is 4.68. The molecule has 0 bridgehead atoms. The predicted octanol–water partition coefficient (Wildman–Crippen LogP) is 6.93. The second kappa shape index (κ2) is 8.14. The van der Waals surface area contributed by atoms with Gasteiger partial charge in [-0.25, -0.2) is 8.42 Å². The summed E-state index contributed by atoms with van der Waals surface area (Å²) in [7, 11) is -3.77. The van der Waals surface area contributed by atoms with Crippen LogP contribution < -0.4 is 10.0 Å². The lowest BCUT2D eigenvalue weighted by molar-refractivity contribution is 0.425. The molecule has 0 aromatic heterocycles. The minimum absolute atomic E-state index is 0.0610. The average Bonchev–Trinajstić information content (AvgIpc) is 3.26. The average molecular weight is 485 g/mol. The molecule has 3 aromatic carbocycles. The van der Waals surface area contributed by atoms with Crippen molar-refractivity contribution in [1.82, 2.24) is 0 Å². The van der Waals surface area contributed by atoms with Crippen molar-refractivity contribution in [2.75, 3.05) is 10.0 Å². The van der Waals surface area contributed by atoms with Gasteiger partial charge in [-0.1, -0.05) is 59.6 Å².